The van der Waals surface area contributed by atoms with Crippen LogP contribution in [0.1, 0.15) is 25.3 Å². The number of amides is 1. The lowest BCUT2D eigenvalue weighted by atomic mass is 10.1. The number of nitrogens with zero attached hydrogens (tertiary/aromatic N) is 1. The number of aryl methyl sites for hydroxylation is 1. The van der Waals surface area contributed by atoms with Crippen molar-refractivity contribution >= 4 is 11.7 Å². The molecule has 4 heteroatoms. The molecule has 1 aromatic rings. The van der Waals surface area contributed by atoms with Gasteiger partial charge < -0.3 is 11.1 Å². The molecule has 0 aliphatic carbocycles. The minimum Gasteiger partial charge on any atom is -0.330 e. The first-order chi connectivity index (χ1) is 7.63. The van der Waals surface area contributed by atoms with E-state index in [2.05, 4.69) is 10.3 Å². The Bertz CT molecular complexity index is 335. The van der Waals surface area contributed by atoms with Crippen LogP contribution in [0.25, 0.3) is 0 Å². The number of pyridine rings is 1. The number of aromatic nitrogens is 1. The third-order valence-corrected chi connectivity index (χ3v) is 2.45. The van der Waals surface area contributed by atoms with Crippen molar-refractivity contribution in [1.29, 1.82) is 0 Å². The maximum absolute atomic E-state index is 11.7. The highest BCUT2D eigenvalue weighted by molar-refractivity contribution is 5.91. The van der Waals surface area contributed by atoms with Gasteiger partial charge in [-0.2, -0.15) is 0 Å². The summed E-state index contributed by atoms with van der Waals surface area (Å²) in [7, 11) is 0. The number of hydrogen-bond acceptors (Lipinski definition) is 3. The van der Waals surface area contributed by atoms with Crippen molar-refractivity contribution in [3.05, 3.63) is 23.9 Å². The molecule has 0 aromatic carbocycles. The molecule has 16 heavy (non-hydrogen) atoms. The van der Waals surface area contributed by atoms with Crippen LogP contribution in [0.5, 0.6) is 0 Å². The monoisotopic (exact) mass is 221 g/mol. The zero-order valence-electron chi connectivity index (χ0n) is 9.86. The first-order valence-corrected chi connectivity index (χ1v) is 5.57. The van der Waals surface area contributed by atoms with Crippen LogP contribution in [0.3, 0.4) is 0 Å². The lowest BCUT2D eigenvalue weighted by molar-refractivity contribution is -0.119. The van der Waals surface area contributed by atoms with Gasteiger partial charge in [0.2, 0.25) is 5.91 Å². The van der Waals surface area contributed by atoms with Crippen molar-refractivity contribution in [2.24, 2.45) is 11.7 Å². The Hall–Kier alpha value is -1.42. The standard InChI is InChI=1S/C12H19N3O/c1-9-5-6-11(14-8-9)15-12(16)10(2)4-3-7-13/h5-6,8,10H,3-4,7,13H2,1-2H3,(H,14,15,16). The lowest BCUT2D eigenvalue weighted by Gasteiger charge is -2.10. The number of nitrogens with two attached hydrogens (primary N) is 1. The summed E-state index contributed by atoms with van der Waals surface area (Å²) in [6.07, 6.45) is 3.42. The van der Waals surface area contributed by atoms with E-state index in [1.807, 2.05) is 26.0 Å². The molecule has 1 rings (SSSR count). The van der Waals surface area contributed by atoms with Crippen LogP contribution in [0, 0.1) is 12.8 Å². The minimum absolute atomic E-state index is 0.00445. The van der Waals surface area contributed by atoms with Crippen molar-refractivity contribution in [1.82, 2.24) is 4.98 Å². The average molecular weight is 221 g/mol. The SMILES string of the molecule is Cc1ccc(NC(=O)C(C)CCCN)nc1. The highest BCUT2D eigenvalue weighted by Gasteiger charge is 2.12. The van der Waals surface area contributed by atoms with Crippen LogP contribution in [0.4, 0.5) is 5.82 Å². The number of nitrogens with one attached hydrogen (secondary N) is 1. The molecule has 4 nitrogen and oxygen atoms in total. The first-order valence-electron chi connectivity index (χ1n) is 5.57. The Kier molecular flexibility index (Phi) is 4.92. The molecule has 0 aliphatic heterocycles. The number of carbonyl (C=O) groups excluding carboxylic acids is 1. The van der Waals surface area contributed by atoms with E-state index in [0.717, 1.165) is 18.4 Å². The van der Waals surface area contributed by atoms with Crippen LogP contribution in [0.2, 0.25) is 0 Å². The summed E-state index contributed by atoms with van der Waals surface area (Å²) < 4.78 is 0. The van der Waals surface area contributed by atoms with Crippen molar-refractivity contribution in [2.45, 2.75) is 26.7 Å². The normalized spacial score (nSPS) is 12.2. The van der Waals surface area contributed by atoms with Gasteiger partial charge in [0.15, 0.2) is 0 Å². The van der Waals surface area contributed by atoms with E-state index >= 15 is 0 Å². The molecule has 0 saturated carbocycles. The molecule has 0 radical (unpaired) electrons. The summed E-state index contributed by atoms with van der Waals surface area (Å²) in [5.41, 5.74) is 6.48. The molecule has 88 valence electrons. The molecule has 1 aromatic heterocycles. The van der Waals surface area contributed by atoms with Gasteiger partial charge in [0, 0.05) is 12.1 Å². The Morgan fingerprint density at radius 1 is 1.56 bits per heavy atom. The summed E-state index contributed by atoms with van der Waals surface area (Å²) in [6, 6.07) is 3.73. The quantitative estimate of drug-likeness (QED) is 0.795. The van der Waals surface area contributed by atoms with Crippen molar-refractivity contribution in [3.8, 4) is 0 Å². The largest absolute Gasteiger partial charge is 0.330 e. The Morgan fingerprint density at radius 2 is 2.31 bits per heavy atom. The molecule has 0 aliphatic rings. The Morgan fingerprint density at radius 3 is 2.88 bits per heavy atom. The number of anilines is 1. The average Bonchev–Trinajstić information content (AvgIpc) is 2.29. The molecule has 1 atom stereocenters. The number of carbonyl (C=O) groups is 1. The summed E-state index contributed by atoms with van der Waals surface area (Å²) in [4.78, 5) is 15.8. The van der Waals surface area contributed by atoms with Gasteiger partial charge in [-0.1, -0.05) is 13.0 Å². The van der Waals surface area contributed by atoms with E-state index < -0.39 is 0 Å². The zero-order chi connectivity index (χ0) is 12.0. The smallest absolute Gasteiger partial charge is 0.228 e. The summed E-state index contributed by atoms with van der Waals surface area (Å²) in [5, 5.41) is 2.79. The third kappa shape index (κ3) is 3.98. The molecule has 0 bridgehead atoms. The van der Waals surface area contributed by atoms with Gasteiger partial charge in [-0.05, 0) is 37.9 Å². The van der Waals surface area contributed by atoms with Crippen LogP contribution in [0.15, 0.2) is 18.3 Å². The fourth-order valence-corrected chi connectivity index (χ4v) is 1.35. The van der Waals surface area contributed by atoms with Gasteiger partial charge >= 0.3 is 0 Å². The van der Waals surface area contributed by atoms with E-state index in [1.165, 1.54) is 0 Å². The zero-order valence-corrected chi connectivity index (χ0v) is 9.86. The molecular formula is C12H19N3O. The topological polar surface area (TPSA) is 68.0 Å². The summed E-state index contributed by atoms with van der Waals surface area (Å²) in [5.74, 6) is 0.589. The summed E-state index contributed by atoms with van der Waals surface area (Å²) in [6.45, 7) is 4.49. The Labute approximate surface area is 96.3 Å². The third-order valence-electron chi connectivity index (χ3n) is 2.45. The first kappa shape index (κ1) is 12.6. The van der Waals surface area contributed by atoms with Crippen molar-refractivity contribution in [2.75, 3.05) is 11.9 Å². The van der Waals surface area contributed by atoms with E-state index in [1.54, 1.807) is 6.20 Å². The van der Waals surface area contributed by atoms with Gasteiger partial charge in [0.1, 0.15) is 5.82 Å². The van der Waals surface area contributed by atoms with Gasteiger partial charge in [-0.15, -0.1) is 0 Å². The minimum atomic E-state index is -0.0216. The lowest BCUT2D eigenvalue weighted by Crippen LogP contribution is -2.21. The van der Waals surface area contributed by atoms with Crippen LogP contribution >= 0.6 is 0 Å². The van der Waals surface area contributed by atoms with Crippen LogP contribution in [-0.2, 0) is 4.79 Å². The van der Waals surface area contributed by atoms with Crippen molar-refractivity contribution < 1.29 is 4.79 Å². The predicted molar refractivity (Wildman–Crippen MR) is 65.1 cm³/mol. The number of hydrogen-bond donors (Lipinski definition) is 2. The second-order valence-corrected chi connectivity index (χ2v) is 4.04. The van der Waals surface area contributed by atoms with Crippen LogP contribution in [-0.4, -0.2) is 17.4 Å². The Balaban J connectivity index is 2.47. The second kappa shape index (κ2) is 6.23. The van der Waals surface area contributed by atoms with E-state index in [-0.39, 0.29) is 11.8 Å². The molecule has 1 unspecified atom stereocenters. The van der Waals surface area contributed by atoms with Gasteiger partial charge in [-0.25, -0.2) is 4.98 Å². The molecular weight excluding hydrogens is 202 g/mol. The van der Waals surface area contributed by atoms with Gasteiger partial charge in [0.25, 0.3) is 0 Å². The predicted octanol–water partition coefficient (Wildman–Crippen LogP) is 1.70. The molecule has 0 saturated heterocycles. The molecule has 0 fully saturated rings. The van der Waals surface area contributed by atoms with E-state index in [9.17, 15) is 4.79 Å². The maximum Gasteiger partial charge on any atom is 0.228 e. The fraction of sp³-hybridized carbons (Fsp3) is 0.500. The highest BCUT2D eigenvalue weighted by atomic mass is 16.1. The van der Waals surface area contributed by atoms with Crippen molar-refractivity contribution in [3.63, 3.8) is 0 Å². The van der Waals surface area contributed by atoms with E-state index in [0.29, 0.717) is 12.4 Å². The molecule has 3 N–H and O–H groups in total. The molecule has 1 amide bonds. The maximum atomic E-state index is 11.7. The van der Waals surface area contributed by atoms with Crippen LogP contribution < -0.4 is 11.1 Å². The molecule has 0 spiro atoms. The fourth-order valence-electron chi connectivity index (χ4n) is 1.35. The number of rotatable bonds is 5. The second-order valence-electron chi connectivity index (χ2n) is 4.04. The highest BCUT2D eigenvalue weighted by Crippen LogP contribution is 2.09. The van der Waals surface area contributed by atoms with E-state index in [4.69, 9.17) is 5.73 Å². The summed E-state index contributed by atoms with van der Waals surface area (Å²) >= 11 is 0. The van der Waals surface area contributed by atoms with Gasteiger partial charge in [-0.3, -0.25) is 4.79 Å². The molecule has 1 heterocycles. The van der Waals surface area contributed by atoms with Gasteiger partial charge in [0.05, 0.1) is 0 Å².